The third-order valence-corrected chi connectivity index (χ3v) is 4.39. The highest BCUT2D eigenvalue weighted by Crippen LogP contribution is 2.31. The monoisotopic (exact) mass is 286 g/mol. The van der Waals surface area contributed by atoms with Crippen molar-refractivity contribution in [2.24, 2.45) is 0 Å². The van der Waals surface area contributed by atoms with Crippen molar-refractivity contribution in [2.75, 3.05) is 4.90 Å². The minimum atomic E-state index is -0.461. The number of hydrogen-bond acceptors (Lipinski definition) is 4. The lowest BCUT2D eigenvalue weighted by Gasteiger charge is -2.14. The summed E-state index contributed by atoms with van der Waals surface area (Å²) >= 11 is 1.58. The Bertz CT molecular complexity index is 706. The van der Waals surface area contributed by atoms with Crippen LogP contribution in [0.2, 0.25) is 0 Å². The van der Waals surface area contributed by atoms with E-state index >= 15 is 0 Å². The van der Waals surface area contributed by atoms with Crippen LogP contribution < -0.4 is 4.90 Å². The van der Waals surface area contributed by atoms with Crippen molar-refractivity contribution in [2.45, 2.75) is 26.8 Å². The average molecular weight is 286 g/mol. The van der Waals surface area contributed by atoms with Gasteiger partial charge in [0.15, 0.2) is 0 Å². The van der Waals surface area contributed by atoms with Crippen LogP contribution in [0.1, 0.15) is 33.5 Å². The Labute approximate surface area is 121 Å². The van der Waals surface area contributed by atoms with Crippen LogP contribution in [0.3, 0.4) is 0 Å². The number of thiazole rings is 1. The fourth-order valence-electron chi connectivity index (χ4n) is 2.32. The first kappa shape index (κ1) is 13.0. The molecule has 0 aliphatic carbocycles. The van der Waals surface area contributed by atoms with Crippen LogP contribution in [0.5, 0.6) is 0 Å². The van der Waals surface area contributed by atoms with E-state index in [-0.39, 0.29) is 0 Å². The van der Waals surface area contributed by atoms with E-state index in [1.54, 1.807) is 17.4 Å². The first-order valence-electron chi connectivity index (χ1n) is 6.50. The molecule has 0 radical (unpaired) electrons. The highest BCUT2D eigenvalue weighted by atomic mass is 32.1. The van der Waals surface area contributed by atoms with E-state index in [1.807, 2.05) is 31.4 Å². The van der Waals surface area contributed by atoms with Gasteiger partial charge in [0.2, 0.25) is 0 Å². The summed E-state index contributed by atoms with van der Waals surface area (Å²) < 4.78 is 0. The number of aryl methyl sites for hydroxylation is 2. The fourth-order valence-corrected chi connectivity index (χ4v) is 3.05. The molecule has 20 heavy (non-hydrogen) atoms. The summed E-state index contributed by atoms with van der Waals surface area (Å²) in [5.74, 6) is -0.883. The summed E-state index contributed by atoms with van der Waals surface area (Å²) in [6.45, 7) is 4.32. The average Bonchev–Trinajstić information content (AvgIpc) is 2.99. The zero-order chi connectivity index (χ0) is 14.3. The lowest BCUT2D eigenvalue weighted by Crippen LogP contribution is -2.29. The van der Waals surface area contributed by atoms with Crippen LogP contribution in [0.4, 0.5) is 5.69 Å². The number of aromatic nitrogens is 1. The van der Waals surface area contributed by atoms with Gasteiger partial charge in [-0.25, -0.2) is 4.98 Å². The number of fused-ring (bicyclic) bond motifs is 1. The van der Waals surface area contributed by atoms with Gasteiger partial charge in [-0.15, -0.1) is 11.3 Å². The highest BCUT2D eigenvalue weighted by molar-refractivity contribution is 7.09. The van der Waals surface area contributed by atoms with Crippen LogP contribution in [-0.4, -0.2) is 16.7 Å². The second kappa shape index (κ2) is 4.83. The maximum absolute atomic E-state index is 12.1. The molecular formula is C15H14N2O2S. The van der Waals surface area contributed by atoms with E-state index in [2.05, 4.69) is 4.98 Å². The smallest absolute Gasteiger partial charge is 0.299 e. The second-order valence-corrected chi connectivity index (χ2v) is 5.77. The first-order chi connectivity index (χ1) is 9.60. The predicted molar refractivity (Wildman–Crippen MR) is 78.2 cm³/mol. The molecule has 1 aliphatic heterocycles. The Kier molecular flexibility index (Phi) is 3.14. The summed E-state index contributed by atoms with van der Waals surface area (Å²) in [5, 5.41) is 2.99. The standard InChI is InChI=1S/C15H14N2O2S/c1-3-13-16-10(8-20-13)7-17-12-5-4-9(2)6-11(12)14(18)15(17)19/h4-6,8H,3,7H2,1-2H3. The van der Waals surface area contributed by atoms with Crippen molar-refractivity contribution in [3.63, 3.8) is 0 Å². The molecular weight excluding hydrogens is 272 g/mol. The topological polar surface area (TPSA) is 50.3 Å². The summed E-state index contributed by atoms with van der Waals surface area (Å²) in [6, 6.07) is 5.52. The molecule has 0 N–H and O–H groups in total. The molecule has 1 aliphatic rings. The Morgan fingerprint density at radius 2 is 2.10 bits per heavy atom. The van der Waals surface area contributed by atoms with Crippen LogP contribution in [0.25, 0.3) is 0 Å². The molecule has 0 unspecified atom stereocenters. The Morgan fingerprint density at radius 3 is 2.80 bits per heavy atom. The largest absolute Gasteiger partial charge is 0.299 e. The molecule has 0 fully saturated rings. The number of hydrogen-bond donors (Lipinski definition) is 0. The Morgan fingerprint density at radius 1 is 1.30 bits per heavy atom. The van der Waals surface area contributed by atoms with Crippen molar-refractivity contribution in [3.8, 4) is 0 Å². The third kappa shape index (κ3) is 2.04. The maximum Gasteiger partial charge on any atom is 0.299 e. The lowest BCUT2D eigenvalue weighted by atomic mass is 10.1. The van der Waals surface area contributed by atoms with Crippen LogP contribution in [0, 0.1) is 6.92 Å². The molecule has 1 amide bonds. The minimum Gasteiger partial charge on any atom is -0.299 e. The van der Waals surface area contributed by atoms with Crippen LogP contribution >= 0.6 is 11.3 Å². The zero-order valence-electron chi connectivity index (χ0n) is 11.3. The van der Waals surface area contributed by atoms with Crippen molar-refractivity contribution in [3.05, 3.63) is 45.4 Å². The quantitative estimate of drug-likeness (QED) is 0.815. The molecule has 102 valence electrons. The van der Waals surface area contributed by atoms with Crippen molar-refractivity contribution >= 4 is 28.7 Å². The Hall–Kier alpha value is -2.01. The fraction of sp³-hybridized carbons (Fsp3) is 0.267. The number of rotatable bonds is 3. The number of carbonyl (C=O) groups excluding carboxylic acids is 2. The summed E-state index contributed by atoms with van der Waals surface area (Å²) in [6.07, 6.45) is 0.882. The molecule has 0 saturated heterocycles. The predicted octanol–water partition coefficient (Wildman–Crippen LogP) is 2.74. The van der Waals surface area contributed by atoms with Gasteiger partial charge in [0, 0.05) is 5.38 Å². The van der Waals surface area contributed by atoms with Gasteiger partial charge in [0.25, 0.3) is 11.7 Å². The summed E-state index contributed by atoms with van der Waals surface area (Å²) in [7, 11) is 0. The number of carbonyl (C=O) groups is 2. The van der Waals surface area contributed by atoms with Gasteiger partial charge in [-0.2, -0.15) is 0 Å². The van der Waals surface area contributed by atoms with Gasteiger partial charge in [0.1, 0.15) is 0 Å². The molecule has 5 heteroatoms. The minimum absolute atomic E-state index is 0.358. The molecule has 2 heterocycles. The van der Waals surface area contributed by atoms with Crippen molar-refractivity contribution < 1.29 is 9.59 Å². The van der Waals surface area contributed by atoms with E-state index in [0.29, 0.717) is 17.8 Å². The van der Waals surface area contributed by atoms with Gasteiger partial charge in [-0.1, -0.05) is 18.6 Å². The highest BCUT2D eigenvalue weighted by Gasteiger charge is 2.35. The first-order valence-corrected chi connectivity index (χ1v) is 7.38. The van der Waals surface area contributed by atoms with Gasteiger partial charge in [-0.05, 0) is 25.5 Å². The number of Topliss-reactive ketones (excluding diaryl/α,β-unsaturated/α-hetero) is 1. The molecule has 0 spiro atoms. The van der Waals surface area contributed by atoms with Crippen molar-refractivity contribution in [1.82, 2.24) is 4.98 Å². The van der Waals surface area contributed by atoms with E-state index < -0.39 is 11.7 Å². The lowest BCUT2D eigenvalue weighted by molar-refractivity contribution is -0.114. The third-order valence-electron chi connectivity index (χ3n) is 3.35. The van der Waals surface area contributed by atoms with Gasteiger partial charge < -0.3 is 0 Å². The molecule has 1 aromatic heterocycles. The van der Waals surface area contributed by atoms with Gasteiger partial charge in [0.05, 0.1) is 28.5 Å². The Balaban J connectivity index is 1.95. The van der Waals surface area contributed by atoms with E-state index in [0.717, 1.165) is 22.7 Å². The molecule has 0 saturated carbocycles. The number of ketones is 1. The summed E-state index contributed by atoms with van der Waals surface area (Å²) in [4.78, 5) is 30.1. The normalized spacial score (nSPS) is 14.0. The number of amides is 1. The molecule has 0 bridgehead atoms. The second-order valence-electron chi connectivity index (χ2n) is 4.83. The van der Waals surface area contributed by atoms with E-state index in [1.165, 1.54) is 4.90 Å². The van der Waals surface area contributed by atoms with Gasteiger partial charge in [-0.3, -0.25) is 14.5 Å². The number of benzene rings is 1. The zero-order valence-corrected chi connectivity index (χ0v) is 12.2. The van der Waals surface area contributed by atoms with Crippen LogP contribution in [0.15, 0.2) is 23.6 Å². The molecule has 4 nitrogen and oxygen atoms in total. The molecule has 2 aromatic rings. The van der Waals surface area contributed by atoms with Gasteiger partial charge >= 0.3 is 0 Å². The SMILES string of the molecule is CCc1nc(CN2C(=O)C(=O)c3cc(C)ccc32)cs1. The maximum atomic E-state index is 12.1. The summed E-state index contributed by atoms with van der Waals surface area (Å²) in [5.41, 5.74) is 3.01. The molecule has 1 aromatic carbocycles. The van der Waals surface area contributed by atoms with E-state index in [9.17, 15) is 9.59 Å². The molecule has 0 atom stereocenters. The number of anilines is 1. The van der Waals surface area contributed by atoms with Crippen LogP contribution in [-0.2, 0) is 17.8 Å². The van der Waals surface area contributed by atoms with Crippen molar-refractivity contribution in [1.29, 1.82) is 0 Å². The molecule has 3 rings (SSSR count). The van der Waals surface area contributed by atoms with E-state index in [4.69, 9.17) is 0 Å². The number of nitrogens with zero attached hydrogens (tertiary/aromatic N) is 2.